The van der Waals surface area contributed by atoms with Crippen molar-refractivity contribution in [1.29, 1.82) is 0 Å². The Morgan fingerprint density at radius 3 is 2.94 bits per heavy atom. The van der Waals surface area contributed by atoms with Crippen LogP contribution in [-0.2, 0) is 4.74 Å². The van der Waals surface area contributed by atoms with Gasteiger partial charge >= 0.3 is 0 Å². The van der Waals surface area contributed by atoms with Gasteiger partial charge in [-0.15, -0.1) is 0 Å². The van der Waals surface area contributed by atoms with E-state index in [1.807, 2.05) is 0 Å². The summed E-state index contributed by atoms with van der Waals surface area (Å²) in [5.74, 6) is 0.613. The van der Waals surface area contributed by atoms with Crippen LogP contribution in [-0.4, -0.2) is 6.61 Å². The summed E-state index contributed by atoms with van der Waals surface area (Å²) in [5.41, 5.74) is 0.492. The Morgan fingerprint density at radius 2 is 2.18 bits per heavy atom. The monoisotopic (exact) mass is 250 g/mol. The van der Waals surface area contributed by atoms with Crippen molar-refractivity contribution in [1.82, 2.24) is 0 Å². The first-order valence-electron chi connectivity index (χ1n) is 5.59. The number of rotatable bonds is 1. The Bertz CT molecular complexity index is 612. The highest BCUT2D eigenvalue weighted by atomic mass is 35.5. The van der Waals surface area contributed by atoms with Crippen LogP contribution in [0.5, 0.6) is 0 Å². The molecule has 3 rings (SSSR count). The van der Waals surface area contributed by atoms with E-state index in [1.165, 1.54) is 6.07 Å². The molecule has 0 bridgehead atoms. The van der Waals surface area contributed by atoms with Crippen LogP contribution in [0.2, 0.25) is 5.02 Å². The fourth-order valence-electron chi connectivity index (χ4n) is 2.11. The first-order valence-corrected chi connectivity index (χ1v) is 5.97. The molecule has 1 fully saturated rings. The summed E-state index contributed by atoms with van der Waals surface area (Å²) >= 11 is 5.85. The second-order valence-electron chi connectivity index (χ2n) is 4.16. The highest BCUT2D eigenvalue weighted by molar-refractivity contribution is 6.31. The normalized spacial score (nSPS) is 19.9. The van der Waals surface area contributed by atoms with Gasteiger partial charge in [0.1, 0.15) is 17.4 Å². The van der Waals surface area contributed by atoms with E-state index in [4.69, 9.17) is 20.8 Å². The van der Waals surface area contributed by atoms with Crippen molar-refractivity contribution in [2.75, 3.05) is 6.61 Å². The molecule has 4 heteroatoms. The lowest BCUT2D eigenvalue weighted by molar-refractivity contribution is 0.0940. The van der Waals surface area contributed by atoms with Crippen LogP contribution in [0.1, 0.15) is 24.7 Å². The van der Waals surface area contributed by atoms with Crippen LogP contribution in [0.15, 0.2) is 33.5 Å². The van der Waals surface area contributed by atoms with Crippen LogP contribution >= 0.6 is 11.6 Å². The predicted octanol–water partition coefficient (Wildman–Crippen LogP) is 3.30. The van der Waals surface area contributed by atoms with Crippen molar-refractivity contribution in [2.24, 2.45) is 0 Å². The third kappa shape index (κ3) is 1.96. The average Bonchev–Trinajstić information content (AvgIpc) is 2.83. The van der Waals surface area contributed by atoms with Crippen LogP contribution in [0, 0.1) is 0 Å². The van der Waals surface area contributed by atoms with Crippen molar-refractivity contribution in [3.05, 3.63) is 45.3 Å². The summed E-state index contributed by atoms with van der Waals surface area (Å²) in [6.07, 6.45) is 1.83. The first kappa shape index (κ1) is 10.8. The fraction of sp³-hybridized carbons (Fsp3) is 0.308. The Hall–Kier alpha value is -1.32. The maximum Gasteiger partial charge on any atom is 0.193 e. The minimum atomic E-state index is -0.0808. The van der Waals surface area contributed by atoms with Gasteiger partial charge in [0.15, 0.2) is 5.43 Å². The molecule has 88 valence electrons. The second kappa shape index (κ2) is 4.17. The van der Waals surface area contributed by atoms with Crippen LogP contribution in [0.25, 0.3) is 11.0 Å². The smallest absolute Gasteiger partial charge is 0.193 e. The van der Waals surface area contributed by atoms with Gasteiger partial charge in [0.2, 0.25) is 0 Å². The van der Waals surface area contributed by atoms with E-state index in [0.29, 0.717) is 21.8 Å². The van der Waals surface area contributed by atoms with Gasteiger partial charge in [0, 0.05) is 17.7 Å². The standard InChI is InChI=1S/C13H11ClO3/c14-8-3-4-11-9(6-8)10(15)7-13(17-11)12-2-1-5-16-12/h3-4,6-7,12H,1-2,5H2/t12-/m0/s1. The number of fused-ring (bicyclic) bond motifs is 1. The lowest BCUT2D eigenvalue weighted by atomic mass is 10.1. The van der Waals surface area contributed by atoms with E-state index in [0.717, 1.165) is 19.4 Å². The van der Waals surface area contributed by atoms with Crippen LogP contribution in [0.3, 0.4) is 0 Å². The molecular formula is C13H11ClO3. The van der Waals surface area contributed by atoms with Gasteiger partial charge in [-0.3, -0.25) is 4.79 Å². The molecule has 0 aliphatic carbocycles. The molecule has 1 saturated heterocycles. The van der Waals surface area contributed by atoms with Gasteiger partial charge in [-0.1, -0.05) is 11.6 Å². The molecule has 3 nitrogen and oxygen atoms in total. The van der Waals surface area contributed by atoms with E-state index < -0.39 is 0 Å². The molecule has 0 N–H and O–H groups in total. The van der Waals surface area contributed by atoms with Crippen molar-refractivity contribution in [3.63, 3.8) is 0 Å². The molecule has 1 aliphatic rings. The predicted molar refractivity (Wildman–Crippen MR) is 65.4 cm³/mol. The van der Waals surface area contributed by atoms with Gasteiger partial charge in [0.05, 0.1) is 5.39 Å². The third-order valence-electron chi connectivity index (χ3n) is 2.96. The summed E-state index contributed by atoms with van der Waals surface area (Å²) in [4.78, 5) is 11.9. The number of benzene rings is 1. The topological polar surface area (TPSA) is 39.4 Å². The molecule has 0 unspecified atom stereocenters. The lowest BCUT2D eigenvalue weighted by Gasteiger charge is -2.08. The van der Waals surface area contributed by atoms with Gasteiger partial charge in [0.25, 0.3) is 0 Å². The summed E-state index contributed by atoms with van der Waals surface area (Å²) in [7, 11) is 0. The fourth-order valence-corrected chi connectivity index (χ4v) is 2.28. The Kier molecular flexibility index (Phi) is 2.65. The van der Waals surface area contributed by atoms with E-state index in [9.17, 15) is 4.79 Å². The maximum absolute atomic E-state index is 11.9. The van der Waals surface area contributed by atoms with Crippen molar-refractivity contribution >= 4 is 22.6 Å². The molecule has 1 aliphatic heterocycles. The first-order chi connectivity index (χ1) is 8.24. The summed E-state index contributed by atoms with van der Waals surface area (Å²) in [6.45, 7) is 0.729. The van der Waals surface area contributed by atoms with Gasteiger partial charge in [-0.2, -0.15) is 0 Å². The molecule has 2 aromatic rings. The number of ether oxygens (including phenoxy) is 1. The van der Waals surface area contributed by atoms with Crippen molar-refractivity contribution in [2.45, 2.75) is 18.9 Å². The lowest BCUT2D eigenvalue weighted by Crippen LogP contribution is -2.05. The highest BCUT2D eigenvalue weighted by Gasteiger charge is 2.21. The molecule has 1 aromatic carbocycles. The maximum atomic E-state index is 11.9. The van der Waals surface area contributed by atoms with Crippen LogP contribution < -0.4 is 5.43 Å². The van der Waals surface area contributed by atoms with Gasteiger partial charge in [-0.25, -0.2) is 0 Å². The van der Waals surface area contributed by atoms with E-state index in [1.54, 1.807) is 18.2 Å². The highest BCUT2D eigenvalue weighted by Crippen LogP contribution is 2.29. The zero-order chi connectivity index (χ0) is 11.8. The van der Waals surface area contributed by atoms with Gasteiger partial charge in [-0.05, 0) is 31.0 Å². The zero-order valence-electron chi connectivity index (χ0n) is 9.11. The second-order valence-corrected chi connectivity index (χ2v) is 4.59. The Balaban J connectivity index is 2.17. The Labute approximate surface area is 103 Å². The van der Waals surface area contributed by atoms with E-state index in [-0.39, 0.29) is 11.5 Å². The SMILES string of the molecule is O=c1cc([C@@H]2CCCO2)oc2ccc(Cl)cc12. The van der Waals surface area contributed by atoms with E-state index in [2.05, 4.69) is 0 Å². The van der Waals surface area contributed by atoms with E-state index >= 15 is 0 Å². The molecule has 0 saturated carbocycles. The quantitative estimate of drug-likeness (QED) is 0.780. The molecule has 0 radical (unpaired) electrons. The van der Waals surface area contributed by atoms with Crippen molar-refractivity contribution in [3.8, 4) is 0 Å². The zero-order valence-corrected chi connectivity index (χ0v) is 9.87. The largest absolute Gasteiger partial charge is 0.458 e. The molecule has 0 spiro atoms. The summed E-state index contributed by atoms with van der Waals surface area (Å²) in [6, 6.07) is 6.57. The minimum Gasteiger partial charge on any atom is -0.458 e. The van der Waals surface area contributed by atoms with Crippen LogP contribution in [0.4, 0.5) is 0 Å². The van der Waals surface area contributed by atoms with Gasteiger partial charge < -0.3 is 9.15 Å². The number of hydrogen-bond acceptors (Lipinski definition) is 3. The molecule has 17 heavy (non-hydrogen) atoms. The number of hydrogen-bond donors (Lipinski definition) is 0. The summed E-state index contributed by atoms with van der Waals surface area (Å²) in [5, 5.41) is 1.05. The number of halogens is 1. The molecule has 1 aromatic heterocycles. The van der Waals surface area contributed by atoms with Crippen molar-refractivity contribution < 1.29 is 9.15 Å². The third-order valence-corrected chi connectivity index (χ3v) is 3.19. The molecule has 1 atom stereocenters. The molecule has 0 amide bonds. The Morgan fingerprint density at radius 1 is 1.29 bits per heavy atom. The summed E-state index contributed by atoms with van der Waals surface area (Å²) < 4.78 is 11.2. The average molecular weight is 251 g/mol. The minimum absolute atomic E-state index is 0.0701. The molecule has 2 heterocycles. The molecular weight excluding hydrogens is 240 g/mol.